The molecule has 2 aromatic carbocycles. The molecule has 2 atom stereocenters. The van der Waals surface area contributed by atoms with Crippen LogP contribution < -0.4 is 10.1 Å². The van der Waals surface area contributed by atoms with Crippen LogP contribution in [0.25, 0.3) is 0 Å². The van der Waals surface area contributed by atoms with Gasteiger partial charge in [0.1, 0.15) is 11.3 Å². The molecule has 0 radical (unpaired) electrons. The Kier molecular flexibility index (Phi) is 7.41. The molecule has 0 bridgehead atoms. The molecule has 0 aliphatic heterocycles. The Bertz CT molecular complexity index is 773. The average Bonchev–Trinajstić information content (AvgIpc) is 2.68. The van der Waals surface area contributed by atoms with E-state index in [0.29, 0.717) is 17.9 Å². The van der Waals surface area contributed by atoms with Gasteiger partial charge in [0.25, 0.3) is 5.91 Å². The highest BCUT2D eigenvalue weighted by Gasteiger charge is 2.22. The normalized spacial score (nSPS) is 12.7. The number of esters is 1. The van der Waals surface area contributed by atoms with Gasteiger partial charge in [-0.3, -0.25) is 4.79 Å². The van der Waals surface area contributed by atoms with Gasteiger partial charge in [-0.2, -0.15) is 0 Å². The Balaban J connectivity index is 1.95. The summed E-state index contributed by atoms with van der Waals surface area (Å²) in [7, 11) is 1.49. The van der Waals surface area contributed by atoms with Crippen molar-refractivity contribution in [2.24, 2.45) is 0 Å². The topological polar surface area (TPSA) is 64.6 Å². The molecule has 2 rings (SSSR count). The fourth-order valence-corrected chi connectivity index (χ4v) is 2.85. The van der Waals surface area contributed by atoms with Gasteiger partial charge in [0.15, 0.2) is 6.10 Å². The van der Waals surface area contributed by atoms with Crippen LogP contribution in [0.1, 0.15) is 47.7 Å². The summed E-state index contributed by atoms with van der Waals surface area (Å²) < 4.78 is 10.5. The summed E-state index contributed by atoms with van der Waals surface area (Å²) >= 11 is 0. The second-order valence-corrected chi connectivity index (χ2v) is 6.51. The minimum absolute atomic E-state index is 0.218. The quantitative estimate of drug-likeness (QED) is 0.718. The molecule has 0 saturated carbocycles. The number of carbonyl (C=O) groups excluding carboxylic acids is 2. The van der Waals surface area contributed by atoms with Gasteiger partial charge in [0.2, 0.25) is 0 Å². The second-order valence-electron chi connectivity index (χ2n) is 6.51. The van der Waals surface area contributed by atoms with Gasteiger partial charge in [-0.05, 0) is 38.0 Å². The summed E-state index contributed by atoms with van der Waals surface area (Å²) in [5, 5.41) is 2.88. The van der Waals surface area contributed by atoms with E-state index in [1.165, 1.54) is 12.7 Å². The van der Waals surface area contributed by atoms with Crippen molar-refractivity contribution in [3.63, 3.8) is 0 Å². The Morgan fingerprint density at radius 2 is 1.81 bits per heavy atom. The van der Waals surface area contributed by atoms with Gasteiger partial charge < -0.3 is 14.8 Å². The number of methoxy groups -OCH3 is 1. The SMILES string of the molecule is CC[C@@H](CNC(=O)[C@@H](C)OC(=O)c1cc(C)ccc1OC)c1ccccc1. The van der Waals surface area contributed by atoms with Crippen LogP contribution in [0.4, 0.5) is 0 Å². The molecule has 2 aromatic rings. The van der Waals surface area contributed by atoms with Crippen molar-refractivity contribution in [1.29, 1.82) is 0 Å². The van der Waals surface area contributed by atoms with Crippen molar-refractivity contribution in [2.45, 2.75) is 39.2 Å². The van der Waals surface area contributed by atoms with Crippen LogP contribution in [0.2, 0.25) is 0 Å². The van der Waals surface area contributed by atoms with Gasteiger partial charge in [-0.25, -0.2) is 4.79 Å². The molecular formula is C22H27NO4. The van der Waals surface area contributed by atoms with E-state index < -0.39 is 12.1 Å². The number of hydrogen-bond acceptors (Lipinski definition) is 4. The van der Waals surface area contributed by atoms with Crippen molar-refractivity contribution < 1.29 is 19.1 Å². The lowest BCUT2D eigenvalue weighted by atomic mass is 9.96. The Hall–Kier alpha value is -2.82. The monoisotopic (exact) mass is 369 g/mol. The van der Waals surface area contributed by atoms with E-state index in [2.05, 4.69) is 12.2 Å². The molecule has 5 nitrogen and oxygen atoms in total. The van der Waals surface area contributed by atoms with E-state index in [1.54, 1.807) is 19.1 Å². The summed E-state index contributed by atoms with van der Waals surface area (Å²) in [5.41, 5.74) is 2.40. The Morgan fingerprint density at radius 3 is 2.44 bits per heavy atom. The van der Waals surface area contributed by atoms with E-state index >= 15 is 0 Å². The molecule has 0 saturated heterocycles. The third-order valence-corrected chi connectivity index (χ3v) is 4.51. The first-order chi connectivity index (χ1) is 13.0. The molecular weight excluding hydrogens is 342 g/mol. The fraction of sp³-hybridized carbons (Fsp3) is 0.364. The first kappa shape index (κ1) is 20.5. The number of rotatable bonds is 8. The summed E-state index contributed by atoms with van der Waals surface area (Å²) in [5.74, 6) is -0.249. The first-order valence-corrected chi connectivity index (χ1v) is 9.14. The van der Waals surface area contributed by atoms with Gasteiger partial charge in [0, 0.05) is 12.5 Å². The van der Waals surface area contributed by atoms with Gasteiger partial charge >= 0.3 is 5.97 Å². The molecule has 1 N–H and O–H groups in total. The lowest BCUT2D eigenvalue weighted by Crippen LogP contribution is -2.38. The van der Waals surface area contributed by atoms with Crippen molar-refractivity contribution in [3.8, 4) is 5.75 Å². The highest BCUT2D eigenvalue weighted by atomic mass is 16.5. The van der Waals surface area contributed by atoms with Gasteiger partial charge in [-0.1, -0.05) is 48.9 Å². The maximum atomic E-state index is 12.4. The van der Waals surface area contributed by atoms with Crippen molar-refractivity contribution in [1.82, 2.24) is 5.32 Å². The maximum Gasteiger partial charge on any atom is 0.342 e. The van der Waals surface area contributed by atoms with E-state index in [4.69, 9.17) is 9.47 Å². The van der Waals surface area contributed by atoms with Gasteiger partial charge in [0.05, 0.1) is 7.11 Å². The van der Waals surface area contributed by atoms with Crippen LogP contribution in [0.5, 0.6) is 5.75 Å². The van der Waals surface area contributed by atoms with Gasteiger partial charge in [-0.15, -0.1) is 0 Å². The third-order valence-electron chi connectivity index (χ3n) is 4.51. The van der Waals surface area contributed by atoms with Crippen LogP contribution >= 0.6 is 0 Å². The molecule has 0 fully saturated rings. The number of amides is 1. The van der Waals surface area contributed by atoms with E-state index in [1.807, 2.05) is 43.3 Å². The lowest BCUT2D eigenvalue weighted by molar-refractivity contribution is -0.129. The van der Waals surface area contributed by atoms with E-state index in [0.717, 1.165) is 12.0 Å². The largest absolute Gasteiger partial charge is 0.496 e. The Morgan fingerprint density at radius 1 is 1.11 bits per heavy atom. The molecule has 0 aliphatic carbocycles. The molecule has 0 aliphatic rings. The molecule has 0 unspecified atom stereocenters. The molecule has 144 valence electrons. The third kappa shape index (κ3) is 5.58. The Labute approximate surface area is 160 Å². The first-order valence-electron chi connectivity index (χ1n) is 9.14. The van der Waals surface area contributed by atoms with Crippen LogP contribution in [0.15, 0.2) is 48.5 Å². The summed E-state index contributed by atoms with van der Waals surface area (Å²) in [6, 6.07) is 15.3. The zero-order valence-corrected chi connectivity index (χ0v) is 16.3. The zero-order valence-electron chi connectivity index (χ0n) is 16.3. The average molecular weight is 369 g/mol. The zero-order chi connectivity index (χ0) is 19.8. The minimum atomic E-state index is -0.893. The molecule has 0 heterocycles. The van der Waals surface area contributed by atoms with Crippen molar-refractivity contribution in [2.75, 3.05) is 13.7 Å². The predicted octanol–water partition coefficient (Wildman–Crippen LogP) is 3.86. The summed E-state index contributed by atoms with van der Waals surface area (Å²) in [6.45, 7) is 6.02. The molecule has 0 aromatic heterocycles. The van der Waals surface area contributed by atoms with Crippen molar-refractivity contribution >= 4 is 11.9 Å². The van der Waals surface area contributed by atoms with Crippen LogP contribution in [-0.2, 0) is 9.53 Å². The van der Waals surface area contributed by atoms with E-state index in [9.17, 15) is 9.59 Å². The van der Waals surface area contributed by atoms with Crippen molar-refractivity contribution in [3.05, 3.63) is 65.2 Å². The number of nitrogens with one attached hydrogen (secondary N) is 1. The highest BCUT2D eigenvalue weighted by Crippen LogP contribution is 2.21. The predicted molar refractivity (Wildman–Crippen MR) is 105 cm³/mol. The molecule has 0 spiro atoms. The van der Waals surface area contributed by atoms with E-state index in [-0.39, 0.29) is 11.8 Å². The summed E-state index contributed by atoms with van der Waals surface area (Å²) in [4.78, 5) is 24.8. The summed E-state index contributed by atoms with van der Waals surface area (Å²) in [6.07, 6.45) is 0.00914. The van der Waals surface area contributed by atoms with Crippen LogP contribution in [-0.4, -0.2) is 31.6 Å². The number of benzene rings is 2. The number of hydrogen-bond donors (Lipinski definition) is 1. The number of carbonyl (C=O) groups is 2. The number of ether oxygens (including phenoxy) is 2. The second kappa shape index (κ2) is 9.76. The standard InChI is InChI=1S/C22H27NO4/c1-5-17(18-9-7-6-8-10-18)14-23-21(24)16(3)27-22(25)19-13-15(2)11-12-20(19)26-4/h6-13,16-17H,5,14H2,1-4H3,(H,23,24)/t16-,17+/m1/s1. The molecule has 27 heavy (non-hydrogen) atoms. The highest BCUT2D eigenvalue weighted by molar-refractivity contribution is 5.94. The fourth-order valence-electron chi connectivity index (χ4n) is 2.85. The molecule has 1 amide bonds. The minimum Gasteiger partial charge on any atom is -0.496 e. The molecule has 5 heteroatoms. The van der Waals surface area contributed by atoms with Crippen LogP contribution in [0.3, 0.4) is 0 Å². The lowest BCUT2D eigenvalue weighted by Gasteiger charge is -2.19. The smallest absolute Gasteiger partial charge is 0.342 e. The number of aryl methyl sites for hydroxylation is 1. The maximum absolute atomic E-state index is 12.4. The van der Waals surface area contributed by atoms with Crippen LogP contribution in [0, 0.1) is 6.92 Å².